The van der Waals surface area contributed by atoms with Gasteiger partial charge in [-0.25, -0.2) is 4.98 Å². The molecule has 1 aromatic heterocycles. The van der Waals surface area contributed by atoms with Crippen LogP contribution in [-0.2, 0) is 6.54 Å². The second-order valence-corrected chi connectivity index (χ2v) is 8.67. The molecule has 32 heavy (non-hydrogen) atoms. The first-order valence-electron chi connectivity index (χ1n) is 10.7. The summed E-state index contributed by atoms with van der Waals surface area (Å²) in [5, 5.41) is 2.80. The molecule has 4 rings (SSSR count). The molecule has 3 aromatic rings. The van der Waals surface area contributed by atoms with Crippen LogP contribution < -0.4 is 10.1 Å². The Hall–Kier alpha value is -3.67. The number of aryl methyl sites for hydroxylation is 2. The van der Waals surface area contributed by atoms with Gasteiger partial charge in [0.15, 0.2) is 0 Å². The highest BCUT2D eigenvalue weighted by Crippen LogP contribution is 2.36. The summed E-state index contributed by atoms with van der Waals surface area (Å²) >= 11 is 0. The Kier molecular flexibility index (Phi) is 5.95. The summed E-state index contributed by atoms with van der Waals surface area (Å²) in [6.07, 6.45) is 1.69. The Morgan fingerprint density at radius 2 is 1.81 bits per heavy atom. The number of nitrogens with zero attached hydrogens (tertiary/aromatic N) is 2. The summed E-state index contributed by atoms with van der Waals surface area (Å²) in [7, 11) is 0. The molecule has 0 spiro atoms. The maximum Gasteiger partial charge on any atom is 0.256 e. The second-order valence-electron chi connectivity index (χ2n) is 8.67. The molecule has 0 atom stereocenters. The molecule has 0 fully saturated rings. The number of hydrogen-bond donors (Lipinski definition) is 1. The number of nitrogens with one attached hydrogen (secondary N) is 1. The smallest absolute Gasteiger partial charge is 0.256 e. The van der Waals surface area contributed by atoms with Gasteiger partial charge in [0.2, 0.25) is 0 Å². The van der Waals surface area contributed by atoms with Gasteiger partial charge in [0.05, 0.1) is 6.54 Å². The Balaban J connectivity index is 1.69. The average molecular weight is 430 g/mol. The quantitative estimate of drug-likeness (QED) is 0.573. The molecule has 6 heteroatoms. The van der Waals surface area contributed by atoms with Crippen molar-refractivity contribution in [3.63, 3.8) is 0 Å². The maximum atomic E-state index is 13.1. The highest BCUT2D eigenvalue weighted by atomic mass is 16.5. The molecular formula is C26H27N3O3. The summed E-state index contributed by atoms with van der Waals surface area (Å²) in [4.78, 5) is 32.1. The minimum atomic E-state index is -0.340. The van der Waals surface area contributed by atoms with Gasteiger partial charge in [-0.15, -0.1) is 0 Å². The van der Waals surface area contributed by atoms with Crippen LogP contribution in [0, 0.1) is 19.8 Å². The van der Waals surface area contributed by atoms with Crippen molar-refractivity contribution in [3.8, 4) is 11.5 Å². The molecular weight excluding hydrogens is 402 g/mol. The first-order valence-corrected chi connectivity index (χ1v) is 10.7. The Labute approximate surface area is 188 Å². The van der Waals surface area contributed by atoms with E-state index in [4.69, 9.17) is 4.74 Å². The van der Waals surface area contributed by atoms with Gasteiger partial charge < -0.3 is 15.0 Å². The Morgan fingerprint density at radius 3 is 2.47 bits per heavy atom. The van der Waals surface area contributed by atoms with Crippen molar-refractivity contribution in [3.05, 3.63) is 82.5 Å². The van der Waals surface area contributed by atoms with Crippen LogP contribution in [0.3, 0.4) is 0 Å². The van der Waals surface area contributed by atoms with Crippen LogP contribution in [-0.4, -0.2) is 28.2 Å². The van der Waals surface area contributed by atoms with Gasteiger partial charge in [-0.2, -0.15) is 0 Å². The van der Waals surface area contributed by atoms with Crippen molar-refractivity contribution < 1.29 is 14.3 Å². The summed E-state index contributed by atoms with van der Waals surface area (Å²) in [5.74, 6) is 1.55. The lowest BCUT2D eigenvalue weighted by atomic mass is 10.0. The molecule has 0 unspecified atom stereocenters. The molecule has 1 aliphatic heterocycles. The van der Waals surface area contributed by atoms with Gasteiger partial charge in [0.1, 0.15) is 17.3 Å². The van der Waals surface area contributed by atoms with Crippen LogP contribution in [0.1, 0.15) is 51.3 Å². The average Bonchev–Trinajstić information content (AvgIpc) is 3.06. The predicted molar refractivity (Wildman–Crippen MR) is 124 cm³/mol. The molecule has 0 radical (unpaired) electrons. The van der Waals surface area contributed by atoms with Gasteiger partial charge in [-0.1, -0.05) is 37.6 Å². The zero-order chi connectivity index (χ0) is 22.8. The summed E-state index contributed by atoms with van der Waals surface area (Å²) in [6.45, 7) is 9.21. The molecule has 164 valence electrons. The molecule has 0 saturated heterocycles. The fourth-order valence-electron chi connectivity index (χ4n) is 3.71. The number of pyridine rings is 1. The monoisotopic (exact) mass is 429 g/mol. The molecule has 0 aliphatic carbocycles. The first-order chi connectivity index (χ1) is 15.3. The first kappa shape index (κ1) is 21.6. The van der Waals surface area contributed by atoms with Gasteiger partial charge in [-0.3, -0.25) is 9.59 Å². The van der Waals surface area contributed by atoms with Crippen molar-refractivity contribution in [2.45, 2.75) is 34.2 Å². The van der Waals surface area contributed by atoms with E-state index in [-0.39, 0.29) is 11.8 Å². The number of aromatic nitrogens is 1. The zero-order valence-electron chi connectivity index (χ0n) is 18.8. The number of benzene rings is 2. The molecule has 2 aromatic carbocycles. The number of carbonyl (C=O) groups excluding carboxylic acids is 2. The molecule has 1 aliphatic rings. The van der Waals surface area contributed by atoms with E-state index in [1.165, 1.54) is 0 Å². The third-order valence-electron chi connectivity index (χ3n) is 5.33. The van der Waals surface area contributed by atoms with E-state index in [0.717, 1.165) is 16.7 Å². The number of ether oxygens (including phenoxy) is 1. The van der Waals surface area contributed by atoms with Crippen LogP contribution in [0.25, 0.3) is 0 Å². The van der Waals surface area contributed by atoms with Gasteiger partial charge in [-0.05, 0) is 55.7 Å². The van der Waals surface area contributed by atoms with E-state index in [9.17, 15) is 9.59 Å². The van der Waals surface area contributed by atoms with Crippen molar-refractivity contribution >= 4 is 17.6 Å². The molecule has 2 heterocycles. The third kappa shape index (κ3) is 4.64. The lowest BCUT2D eigenvalue weighted by molar-refractivity contribution is 0.0759. The van der Waals surface area contributed by atoms with Crippen molar-refractivity contribution in [2.24, 2.45) is 5.92 Å². The van der Waals surface area contributed by atoms with E-state index in [1.807, 2.05) is 44.2 Å². The van der Waals surface area contributed by atoms with E-state index in [2.05, 4.69) is 24.1 Å². The number of rotatable bonds is 6. The minimum Gasteiger partial charge on any atom is -0.457 e. The molecule has 1 N–H and O–H groups in total. The summed E-state index contributed by atoms with van der Waals surface area (Å²) < 4.78 is 6.16. The standard InChI is InChI=1S/C26H27N3O3/c1-16(2)14-29-15-22-21(26(29)31)11-19(25(30)28-24-10-7-18(4)13-27-24)12-23(22)32-20-8-5-17(3)6-9-20/h5-13,16H,14-15H2,1-4H3,(H,27,28,30). The molecule has 0 bridgehead atoms. The SMILES string of the molecule is Cc1ccc(Oc2cc(C(=O)Nc3ccc(C)cn3)cc3c2CN(CC(C)C)C3=O)cc1. The number of hydrogen-bond acceptors (Lipinski definition) is 4. The maximum absolute atomic E-state index is 13.1. The van der Waals surface area contributed by atoms with Crippen molar-refractivity contribution in [2.75, 3.05) is 11.9 Å². The molecule has 0 saturated carbocycles. The highest BCUT2D eigenvalue weighted by Gasteiger charge is 2.32. The minimum absolute atomic E-state index is 0.0782. The van der Waals surface area contributed by atoms with E-state index < -0.39 is 0 Å². The highest BCUT2D eigenvalue weighted by molar-refractivity contribution is 6.07. The van der Waals surface area contributed by atoms with Crippen LogP contribution in [0.2, 0.25) is 0 Å². The fraction of sp³-hybridized carbons (Fsp3) is 0.269. The predicted octanol–water partition coefficient (Wildman–Crippen LogP) is 5.35. The second kappa shape index (κ2) is 8.83. The lowest BCUT2D eigenvalue weighted by Gasteiger charge is -2.18. The Morgan fingerprint density at radius 1 is 1.09 bits per heavy atom. The normalized spacial score (nSPS) is 12.8. The van der Waals surface area contributed by atoms with E-state index in [1.54, 1.807) is 29.3 Å². The molecule has 2 amide bonds. The summed E-state index contributed by atoms with van der Waals surface area (Å²) in [5.41, 5.74) is 3.80. The van der Waals surface area contributed by atoms with Crippen molar-refractivity contribution in [1.82, 2.24) is 9.88 Å². The van der Waals surface area contributed by atoms with Gasteiger partial charge >= 0.3 is 0 Å². The number of fused-ring (bicyclic) bond motifs is 1. The van der Waals surface area contributed by atoms with Crippen LogP contribution in [0.5, 0.6) is 11.5 Å². The third-order valence-corrected chi connectivity index (χ3v) is 5.33. The number of amides is 2. The topological polar surface area (TPSA) is 71.5 Å². The van der Waals surface area contributed by atoms with Gasteiger partial charge in [0.25, 0.3) is 11.8 Å². The number of anilines is 1. The molecule has 6 nitrogen and oxygen atoms in total. The van der Waals surface area contributed by atoms with E-state index in [0.29, 0.717) is 47.5 Å². The van der Waals surface area contributed by atoms with Crippen molar-refractivity contribution in [1.29, 1.82) is 0 Å². The fourth-order valence-corrected chi connectivity index (χ4v) is 3.71. The van der Waals surface area contributed by atoms with Crippen LogP contribution >= 0.6 is 0 Å². The Bertz CT molecular complexity index is 1150. The summed E-state index contributed by atoms with van der Waals surface area (Å²) in [6, 6.07) is 14.7. The number of carbonyl (C=O) groups is 2. The van der Waals surface area contributed by atoms with Gasteiger partial charge in [0, 0.05) is 29.4 Å². The van der Waals surface area contributed by atoms with E-state index >= 15 is 0 Å². The zero-order valence-corrected chi connectivity index (χ0v) is 18.8. The van der Waals surface area contributed by atoms with Crippen LogP contribution in [0.4, 0.5) is 5.82 Å². The lowest BCUT2D eigenvalue weighted by Crippen LogP contribution is -2.27. The largest absolute Gasteiger partial charge is 0.457 e. The van der Waals surface area contributed by atoms with Crippen LogP contribution in [0.15, 0.2) is 54.7 Å².